The van der Waals surface area contributed by atoms with Gasteiger partial charge in [-0.1, -0.05) is 6.92 Å². The van der Waals surface area contributed by atoms with Gasteiger partial charge in [0.2, 0.25) is 0 Å². The summed E-state index contributed by atoms with van der Waals surface area (Å²) in [6, 6.07) is 3.95. The van der Waals surface area contributed by atoms with Gasteiger partial charge in [0.15, 0.2) is 0 Å². The Balaban J connectivity index is 2.83. The number of sulfone groups is 1. The highest BCUT2D eigenvalue weighted by Gasteiger charge is 2.17. The molecular formula is C10H17NO2S2. The molecule has 0 saturated carbocycles. The molecule has 0 spiro atoms. The Morgan fingerprint density at radius 1 is 1.47 bits per heavy atom. The summed E-state index contributed by atoms with van der Waals surface area (Å²) in [5.41, 5.74) is 0. The Bertz CT molecular complexity index is 409. The molecule has 0 bridgehead atoms. The molecule has 1 N–H and O–H groups in total. The van der Waals surface area contributed by atoms with Crippen molar-refractivity contribution >= 4 is 21.2 Å². The van der Waals surface area contributed by atoms with Crippen LogP contribution < -0.4 is 5.32 Å². The first-order valence-corrected chi connectivity index (χ1v) is 7.77. The van der Waals surface area contributed by atoms with Gasteiger partial charge in [-0.3, -0.25) is 0 Å². The highest BCUT2D eigenvalue weighted by molar-refractivity contribution is 7.90. The second-order valence-corrected chi connectivity index (χ2v) is 7.16. The van der Waals surface area contributed by atoms with Crippen LogP contribution in [0.15, 0.2) is 12.1 Å². The SMILES string of the molecule is CCNC(CS(C)(=O)=O)c1ccc(C)s1. The average Bonchev–Trinajstić information content (AvgIpc) is 2.48. The Morgan fingerprint density at radius 2 is 2.13 bits per heavy atom. The van der Waals surface area contributed by atoms with Gasteiger partial charge in [-0.25, -0.2) is 8.42 Å². The van der Waals surface area contributed by atoms with Crippen molar-refractivity contribution in [3.63, 3.8) is 0 Å². The average molecular weight is 247 g/mol. The van der Waals surface area contributed by atoms with Crippen LogP contribution in [0.4, 0.5) is 0 Å². The number of hydrogen-bond acceptors (Lipinski definition) is 4. The van der Waals surface area contributed by atoms with E-state index in [9.17, 15) is 8.42 Å². The van der Waals surface area contributed by atoms with Crippen molar-refractivity contribution in [3.05, 3.63) is 21.9 Å². The second kappa shape index (κ2) is 5.09. The van der Waals surface area contributed by atoms with Crippen molar-refractivity contribution in [1.82, 2.24) is 5.32 Å². The minimum atomic E-state index is -2.94. The fourth-order valence-electron chi connectivity index (χ4n) is 1.43. The van der Waals surface area contributed by atoms with E-state index < -0.39 is 9.84 Å². The van der Waals surface area contributed by atoms with Crippen LogP contribution in [0.3, 0.4) is 0 Å². The molecule has 0 aliphatic heterocycles. The van der Waals surface area contributed by atoms with Crippen molar-refractivity contribution in [2.75, 3.05) is 18.6 Å². The molecular weight excluding hydrogens is 230 g/mol. The van der Waals surface area contributed by atoms with Crippen LogP contribution in [-0.4, -0.2) is 27.0 Å². The van der Waals surface area contributed by atoms with Crippen LogP contribution >= 0.6 is 11.3 Å². The molecule has 0 aliphatic carbocycles. The van der Waals surface area contributed by atoms with Crippen LogP contribution in [0.2, 0.25) is 0 Å². The molecule has 3 nitrogen and oxygen atoms in total. The highest BCUT2D eigenvalue weighted by atomic mass is 32.2. The van der Waals surface area contributed by atoms with Crippen molar-refractivity contribution in [2.45, 2.75) is 19.9 Å². The smallest absolute Gasteiger partial charge is 0.149 e. The summed E-state index contributed by atoms with van der Waals surface area (Å²) in [5, 5.41) is 3.20. The molecule has 1 aromatic rings. The summed E-state index contributed by atoms with van der Waals surface area (Å²) in [5.74, 6) is 0.167. The van der Waals surface area contributed by atoms with E-state index in [1.54, 1.807) is 11.3 Å². The van der Waals surface area contributed by atoms with Crippen molar-refractivity contribution in [3.8, 4) is 0 Å². The van der Waals surface area contributed by atoms with E-state index >= 15 is 0 Å². The number of nitrogens with one attached hydrogen (secondary N) is 1. The van der Waals surface area contributed by atoms with Gasteiger partial charge in [-0.15, -0.1) is 11.3 Å². The van der Waals surface area contributed by atoms with E-state index in [0.29, 0.717) is 0 Å². The topological polar surface area (TPSA) is 46.2 Å². The summed E-state index contributed by atoms with van der Waals surface area (Å²) >= 11 is 1.65. The predicted molar refractivity (Wildman–Crippen MR) is 65.2 cm³/mol. The summed E-state index contributed by atoms with van der Waals surface area (Å²) < 4.78 is 22.5. The molecule has 1 rings (SSSR count). The molecule has 0 aromatic carbocycles. The first kappa shape index (κ1) is 12.7. The normalized spacial score (nSPS) is 14.1. The van der Waals surface area contributed by atoms with E-state index in [4.69, 9.17) is 0 Å². The van der Waals surface area contributed by atoms with E-state index in [2.05, 4.69) is 5.32 Å². The van der Waals surface area contributed by atoms with Crippen molar-refractivity contribution in [1.29, 1.82) is 0 Å². The molecule has 1 aromatic heterocycles. The second-order valence-electron chi connectivity index (χ2n) is 3.65. The van der Waals surface area contributed by atoms with Gasteiger partial charge in [0.1, 0.15) is 9.84 Å². The molecule has 0 amide bonds. The number of hydrogen-bond donors (Lipinski definition) is 1. The molecule has 15 heavy (non-hydrogen) atoms. The van der Waals surface area contributed by atoms with Gasteiger partial charge in [0.05, 0.1) is 11.8 Å². The van der Waals surface area contributed by atoms with Gasteiger partial charge in [0, 0.05) is 16.0 Å². The largest absolute Gasteiger partial charge is 0.309 e. The third kappa shape index (κ3) is 4.32. The zero-order valence-corrected chi connectivity index (χ0v) is 10.9. The maximum absolute atomic E-state index is 11.3. The maximum Gasteiger partial charge on any atom is 0.149 e. The van der Waals surface area contributed by atoms with Crippen molar-refractivity contribution < 1.29 is 8.42 Å². The fourth-order valence-corrected chi connectivity index (χ4v) is 3.39. The van der Waals surface area contributed by atoms with Crippen LogP contribution in [0.5, 0.6) is 0 Å². The molecule has 1 atom stereocenters. The molecule has 0 saturated heterocycles. The molecule has 86 valence electrons. The lowest BCUT2D eigenvalue weighted by Crippen LogP contribution is -2.26. The minimum Gasteiger partial charge on any atom is -0.309 e. The van der Waals surface area contributed by atoms with Crippen LogP contribution in [0, 0.1) is 6.92 Å². The molecule has 0 radical (unpaired) electrons. The fraction of sp³-hybridized carbons (Fsp3) is 0.600. The van der Waals surface area contributed by atoms with Crippen LogP contribution in [0.25, 0.3) is 0 Å². The van der Waals surface area contributed by atoms with Crippen molar-refractivity contribution in [2.24, 2.45) is 0 Å². The zero-order chi connectivity index (χ0) is 11.5. The maximum atomic E-state index is 11.3. The summed E-state index contributed by atoms with van der Waals surface area (Å²) in [4.78, 5) is 2.31. The summed E-state index contributed by atoms with van der Waals surface area (Å²) in [6.07, 6.45) is 1.28. The van der Waals surface area contributed by atoms with Gasteiger partial charge >= 0.3 is 0 Å². The Kier molecular flexibility index (Phi) is 4.31. The monoisotopic (exact) mass is 247 g/mol. The zero-order valence-electron chi connectivity index (χ0n) is 9.28. The lowest BCUT2D eigenvalue weighted by atomic mass is 10.2. The van der Waals surface area contributed by atoms with E-state index in [1.165, 1.54) is 11.1 Å². The first-order valence-electron chi connectivity index (χ1n) is 4.90. The van der Waals surface area contributed by atoms with E-state index in [1.807, 2.05) is 26.0 Å². The lowest BCUT2D eigenvalue weighted by Gasteiger charge is -2.14. The number of thiophene rings is 1. The molecule has 1 heterocycles. The van der Waals surface area contributed by atoms with Crippen LogP contribution in [-0.2, 0) is 9.84 Å². The van der Waals surface area contributed by atoms with E-state index in [0.717, 1.165) is 11.4 Å². The van der Waals surface area contributed by atoms with Crippen LogP contribution in [0.1, 0.15) is 22.7 Å². The highest BCUT2D eigenvalue weighted by Crippen LogP contribution is 2.23. The molecule has 0 aliphatic rings. The molecule has 5 heteroatoms. The summed E-state index contributed by atoms with van der Waals surface area (Å²) in [6.45, 7) is 4.78. The third-order valence-corrected chi connectivity index (χ3v) is 4.08. The van der Waals surface area contributed by atoms with Gasteiger partial charge in [-0.05, 0) is 25.6 Å². The molecule has 0 fully saturated rings. The Morgan fingerprint density at radius 3 is 2.53 bits per heavy atom. The molecule has 1 unspecified atom stereocenters. The Hall–Kier alpha value is -0.390. The predicted octanol–water partition coefficient (Wildman–Crippen LogP) is 1.75. The third-order valence-electron chi connectivity index (χ3n) is 2.02. The first-order chi connectivity index (χ1) is 6.92. The Labute approximate surface area is 95.4 Å². The lowest BCUT2D eigenvalue weighted by molar-refractivity contribution is 0.567. The minimum absolute atomic E-state index is 0.0660. The van der Waals surface area contributed by atoms with Gasteiger partial charge in [0.25, 0.3) is 0 Å². The standard InChI is InChI=1S/C10H17NO2S2/c1-4-11-9(7-15(3,12)13)10-6-5-8(2)14-10/h5-6,9,11H,4,7H2,1-3H3. The number of rotatable bonds is 5. The number of aryl methyl sites for hydroxylation is 1. The summed E-state index contributed by atoms with van der Waals surface area (Å²) in [7, 11) is -2.94. The van der Waals surface area contributed by atoms with E-state index in [-0.39, 0.29) is 11.8 Å². The quantitative estimate of drug-likeness (QED) is 0.862. The van der Waals surface area contributed by atoms with Gasteiger partial charge in [-0.2, -0.15) is 0 Å². The van der Waals surface area contributed by atoms with Gasteiger partial charge < -0.3 is 5.32 Å².